The van der Waals surface area contributed by atoms with Crippen LogP contribution in [0, 0.1) is 0 Å². The Balaban J connectivity index is 0.000000400. The van der Waals surface area contributed by atoms with Crippen LogP contribution in [0.2, 0.25) is 0 Å². The number of aromatic hydroxyl groups is 1. The number of aryl methyl sites for hydroxylation is 2. The molecule has 4 aromatic rings. The van der Waals surface area contributed by atoms with E-state index in [0.717, 1.165) is 38.5 Å². The van der Waals surface area contributed by atoms with E-state index in [-0.39, 0.29) is 49.2 Å². The molecule has 0 atom stereocenters. The van der Waals surface area contributed by atoms with E-state index in [9.17, 15) is 36.2 Å². The first kappa shape index (κ1) is 52.3. The molecular weight excluding hydrogens is 817 g/mol. The number of hydrogen-bond donors (Lipinski definition) is 2. The summed E-state index contributed by atoms with van der Waals surface area (Å²) in [5.74, 6) is -0.695. The van der Waals surface area contributed by atoms with Gasteiger partial charge < -0.3 is 24.2 Å². The monoisotopic (exact) mass is 878 g/mol. The fraction of sp³-hybridized carbons (Fsp3) is 0.478. The van der Waals surface area contributed by atoms with Gasteiger partial charge in [-0.1, -0.05) is 176 Å². The van der Waals surface area contributed by atoms with E-state index >= 15 is 0 Å². The normalized spacial score (nSPS) is 11.3. The van der Waals surface area contributed by atoms with E-state index in [0.29, 0.717) is 35.5 Å². The second-order valence-electron chi connectivity index (χ2n) is 14.7. The number of unbranched alkanes of at least 4 members (excludes halogenated alkanes) is 16. The van der Waals surface area contributed by atoms with E-state index in [1.807, 2.05) is 6.07 Å². The van der Waals surface area contributed by atoms with Gasteiger partial charge in [-0.15, -0.1) is 0 Å². The number of phenols is 1. The topological polar surface area (TPSA) is 173 Å². The van der Waals surface area contributed by atoms with Crippen molar-refractivity contribution in [2.75, 3.05) is 0 Å². The van der Waals surface area contributed by atoms with Crippen LogP contribution in [0.4, 0.5) is 0 Å². The Morgan fingerprint density at radius 3 is 1.25 bits per heavy atom. The Morgan fingerprint density at radius 2 is 0.864 bits per heavy atom. The molecule has 0 saturated heterocycles. The molecule has 0 unspecified atom stereocenters. The summed E-state index contributed by atoms with van der Waals surface area (Å²) in [5, 5.41) is 23.1. The Kier molecular flexibility index (Phi) is 25.4. The molecule has 0 aliphatic heterocycles. The van der Waals surface area contributed by atoms with Gasteiger partial charge in [0.05, 0.1) is 4.90 Å². The van der Waals surface area contributed by atoms with Crippen molar-refractivity contribution in [1.29, 1.82) is 0 Å². The van der Waals surface area contributed by atoms with E-state index in [4.69, 9.17) is 9.47 Å². The van der Waals surface area contributed by atoms with Crippen molar-refractivity contribution in [3.05, 3.63) is 96.1 Å². The maximum absolute atomic E-state index is 12.6. The van der Waals surface area contributed by atoms with Gasteiger partial charge in [0.15, 0.2) is 10.6 Å². The Bertz CT molecular complexity index is 1850. The van der Waals surface area contributed by atoms with Gasteiger partial charge in [0, 0.05) is 0 Å². The zero-order valence-electron chi connectivity index (χ0n) is 34.9. The molecule has 0 fully saturated rings. The molecule has 10 nitrogen and oxygen atoms in total. The van der Waals surface area contributed by atoms with Gasteiger partial charge in [-0.2, -0.15) is 8.42 Å². The van der Waals surface area contributed by atoms with Gasteiger partial charge in [-0.3, -0.25) is 4.55 Å². The number of phenolic OH excluding ortho intramolecular Hbond substituents is 1. The van der Waals surface area contributed by atoms with E-state index in [1.165, 1.54) is 89.2 Å². The Hall–Kier alpha value is -2.84. The Labute approximate surface area is 383 Å². The molecular formula is C46H62CaO10S2. The predicted molar refractivity (Wildman–Crippen MR) is 232 cm³/mol. The predicted octanol–water partition coefficient (Wildman–Crippen LogP) is 11.7. The maximum Gasteiger partial charge on any atom is 2.00 e. The summed E-state index contributed by atoms with van der Waals surface area (Å²) in [7, 11) is -9.58. The maximum atomic E-state index is 12.6. The largest absolute Gasteiger partial charge is 2.00 e. The van der Waals surface area contributed by atoms with E-state index < -0.39 is 41.5 Å². The van der Waals surface area contributed by atoms with Gasteiger partial charge in [0.1, 0.15) is 33.1 Å². The SMILES string of the molecule is CCCCCCCCCCCc1ccc(Oc2ccccc2)c(S(=O)(=O)O)c1O.CCCCCCCCCCCc1ccc(Oc2ccccc2)c(S(=O)(=O)[O-])c1[O-].[Ca+2]. The van der Waals surface area contributed by atoms with Crippen LogP contribution in [0.5, 0.6) is 34.5 Å². The van der Waals surface area contributed by atoms with Crippen molar-refractivity contribution in [2.45, 2.75) is 152 Å². The molecule has 0 aliphatic rings. The zero-order chi connectivity index (χ0) is 42.2. The van der Waals surface area contributed by atoms with Crippen LogP contribution in [0.25, 0.3) is 0 Å². The molecule has 0 aromatic heterocycles. The summed E-state index contributed by atoms with van der Waals surface area (Å²) >= 11 is 0. The summed E-state index contributed by atoms with van der Waals surface area (Å²) in [4.78, 5) is -1.37. The van der Waals surface area contributed by atoms with Gasteiger partial charge in [0.2, 0.25) is 0 Å². The summed E-state index contributed by atoms with van der Waals surface area (Å²) in [5.41, 5.74) is 0.851. The van der Waals surface area contributed by atoms with Crippen LogP contribution >= 0.6 is 0 Å². The van der Waals surface area contributed by atoms with Crippen molar-refractivity contribution < 1.29 is 45.6 Å². The minimum absolute atomic E-state index is 0. The molecule has 0 heterocycles. The summed E-state index contributed by atoms with van der Waals surface area (Å²) in [6, 6.07) is 23.2. The zero-order valence-corrected chi connectivity index (χ0v) is 38.8. The summed E-state index contributed by atoms with van der Waals surface area (Å²) < 4.78 is 79.5. The van der Waals surface area contributed by atoms with Crippen LogP contribution < -0.4 is 14.6 Å². The first-order chi connectivity index (χ1) is 27.9. The number of hydrogen-bond acceptors (Lipinski definition) is 9. The van der Waals surface area contributed by atoms with Crippen LogP contribution in [0.15, 0.2) is 94.7 Å². The van der Waals surface area contributed by atoms with Crippen molar-refractivity contribution in [3.8, 4) is 34.5 Å². The van der Waals surface area contributed by atoms with Crippen LogP contribution in [0.1, 0.15) is 141 Å². The van der Waals surface area contributed by atoms with Crippen molar-refractivity contribution in [1.82, 2.24) is 0 Å². The van der Waals surface area contributed by atoms with Crippen molar-refractivity contribution in [3.63, 3.8) is 0 Å². The average molecular weight is 879 g/mol. The van der Waals surface area contributed by atoms with Crippen molar-refractivity contribution >= 4 is 58.0 Å². The molecule has 2 N–H and O–H groups in total. The number of ether oxygens (including phenoxy) is 2. The fourth-order valence-corrected chi connectivity index (χ4v) is 8.16. The standard InChI is InChI=1S/2C23H32O5S.Ca/c2*1-2-3-4-5-6-7-8-9-11-14-19-17-18-21(23(22(19)24)29(25,26)27)28-20-15-12-10-13-16-20;/h2*10,12-13,15-18,24H,2-9,11,14H2,1H3,(H,25,26,27);/q;;+2/p-2. The number of rotatable bonds is 26. The average Bonchev–Trinajstić information content (AvgIpc) is 3.18. The molecule has 0 spiro atoms. The first-order valence-corrected chi connectivity index (χ1v) is 23.8. The fourth-order valence-electron chi connectivity index (χ4n) is 6.71. The molecule has 0 bridgehead atoms. The number of para-hydroxylation sites is 2. The number of benzene rings is 4. The van der Waals surface area contributed by atoms with Crippen LogP contribution in [-0.2, 0) is 33.1 Å². The second kappa shape index (κ2) is 28.6. The first-order valence-electron chi connectivity index (χ1n) is 20.9. The van der Waals surface area contributed by atoms with Crippen LogP contribution in [0.3, 0.4) is 0 Å². The van der Waals surface area contributed by atoms with E-state index in [2.05, 4.69) is 13.8 Å². The third-order valence-electron chi connectivity index (χ3n) is 9.89. The van der Waals surface area contributed by atoms with Gasteiger partial charge in [0.25, 0.3) is 0 Å². The third-order valence-corrected chi connectivity index (χ3v) is 11.7. The van der Waals surface area contributed by atoms with Crippen LogP contribution in [-0.4, -0.2) is 68.8 Å². The molecule has 0 saturated carbocycles. The minimum Gasteiger partial charge on any atom is -0.871 e. The molecule has 320 valence electrons. The van der Waals surface area contributed by atoms with Gasteiger partial charge in [-0.25, -0.2) is 8.42 Å². The van der Waals surface area contributed by atoms with Crippen molar-refractivity contribution in [2.24, 2.45) is 0 Å². The molecule has 4 rings (SSSR count). The Morgan fingerprint density at radius 1 is 0.508 bits per heavy atom. The van der Waals surface area contributed by atoms with Gasteiger partial charge in [-0.05, 0) is 67.6 Å². The third kappa shape index (κ3) is 19.6. The molecule has 0 radical (unpaired) electrons. The second-order valence-corrected chi connectivity index (χ2v) is 17.4. The summed E-state index contributed by atoms with van der Waals surface area (Å²) in [6.07, 6.45) is 22.0. The molecule has 0 amide bonds. The summed E-state index contributed by atoms with van der Waals surface area (Å²) in [6.45, 7) is 4.41. The smallest absolute Gasteiger partial charge is 0.871 e. The quantitative estimate of drug-likeness (QED) is 0.0351. The van der Waals surface area contributed by atoms with Gasteiger partial charge >= 0.3 is 47.9 Å². The molecule has 4 aromatic carbocycles. The molecule has 59 heavy (non-hydrogen) atoms. The molecule has 0 aliphatic carbocycles. The minimum atomic E-state index is -4.94. The van der Waals surface area contributed by atoms with E-state index in [1.54, 1.807) is 66.7 Å². The molecule has 13 heteroatoms.